The van der Waals surface area contributed by atoms with Crippen molar-refractivity contribution in [3.8, 4) is 0 Å². The fraction of sp³-hybridized carbons (Fsp3) is 0.429. The molecule has 0 radical (unpaired) electrons. The van der Waals surface area contributed by atoms with Crippen LogP contribution in [0.4, 0.5) is 0 Å². The number of alkyl halides is 1. The molecule has 3 saturated heterocycles. The van der Waals surface area contributed by atoms with E-state index in [4.69, 9.17) is 9.47 Å². The molecule has 3 fully saturated rings. The van der Waals surface area contributed by atoms with Gasteiger partial charge in [0.15, 0.2) is 0 Å². The number of carbonyl (C=O) groups is 4. The minimum atomic E-state index is -1.30. The molecule has 1 unspecified atom stereocenters. The Kier molecular flexibility index (Phi) is 10.8. The third kappa shape index (κ3) is 6.54. The van der Waals surface area contributed by atoms with Crippen molar-refractivity contribution in [1.29, 1.82) is 0 Å². The number of nitrogens with one attached hydrogen (secondary N) is 1. The molecule has 2 bridgehead atoms. The number of fused-ring (bicyclic) bond motifs is 1. The highest BCUT2D eigenvalue weighted by Gasteiger charge is 2.77. The zero-order valence-electron chi connectivity index (χ0n) is 25.6. The average molecular weight is 695 g/mol. The predicted molar refractivity (Wildman–Crippen MR) is 174 cm³/mol. The van der Waals surface area contributed by atoms with Crippen LogP contribution in [0.3, 0.4) is 0 Å². The molecule has 3 aliphatic heterocycles. The van der Waals surface area contributed by atoms with Gasteiger partial charge in [0, 0.05) is 30.9 Å². The van der Waals surface area contributed by atoms with Crippen LogP contribution in [0.2, 0.25) is 0 Å². The maximum Gasteiger partial charge on any atom is 0.313 e. The lowest BCUT2D eigenvalue weighted by Gasteiger charge is -2.37. The van der Waals surface area contributed by atoms with Gasteiger partial charge >= 0.3 is 5.97 Å². The average Bonchev–Trinajstić information content (AvgIpc) is 3.65. The summed E-state index contributed by atoms with van der Waals surface area (Å²) in [6.45, 7) is 7.58. The van der Waals surface area contributed by atoms with E-state index in [2.05, 4.69) is 34.4 Å². The number of aliphatic hydroxyl groups excluding tert-OH is 1. The first-order chi connectivity index (χ1) is 22.2. The fourth-order valence-electron chi connectivity index (χ4n) is 7.03. The molecule has 244 valence electrons. The number of likely N-dealkylation sites (tertiary alicyclic amines) is 1. The first-order valence-corrected chi connectivity index (χ1v) is 16.5. The lowest BCUT2D eigenvalue weighted by molar-refractivity contribution is -0.160. The second-order valence-corrected chi connectivity index (χ2v) is 13.1. The smallest absolute Gasteiger partial charge is 0.313 e. The van der Waals surface area contributed by atoms with Gasteiger partial charge in [-0.3, -0.25) is 19.2 Å². The van der Waals surface area contributed by atoms with Gasteiger partial charge in [-0.25, -0.2) is 0 Å². The number of ether oxygens (including phenoxy) is 2. The van der Waals surface area contributed by atoms with Gasteiger partial charge in [0.25, 0.3) is 0 Å². The topological polar surface area (TPSA) is 125 Å². The normalized spacial score (nSPS) is 26.7. The molecule has 0 aliphatic carbocycles. The Morgan fingerprint density at radius 1 is 1.13 bits per heavy atom. The van der Waals surface area contributed by atoms with E-state index >= 15 is 0 Å². The summed E-state index contributed by atoms with van der Waals surface area (Å²) in [5.74, 6) is -3.61. The number of nitrogens with zero attached hydrogens (tertiary/aromatic N) is 2. The SMILES string of the molecule is C=CCCC(=O)NC[C@H](OC(=O)[C@@H]1[C@H]2O[C@@]3(CC2Br)[C@H](C(=O)N(CC=C)Cc2ccccc2)N(CCO)C(=O)[C@@H]13)c1ccccc1. The number of amides is 3. The summed E-state index contributed by atoms with van der Waals surface area (Å²) >= 11 is 3.68. The molecule has 3 aliphatic rings. The highest BCUT2D eigenvalue weighted by Crippen LogP contribution is 2.60. The van der Waals surface area contributed by atoms with Gasteiger partial charge in [-0.05, 0) is 24.0 Å². The molecule has 5 rings (SSSR count). The highest BCUT2D eigenvalue weighted by molar-refractivity contribution is 9.09. The van der Waals surface area contributed by atoms with Crippen molar-refractivity contribution in [2.75, 3.05) is 26.2 Å². The number of aliphatic hydroxyl groups is 1. The van der Waals surface area contributed by atoms with Gasteiger partial charge in [-0.15, -0.1) is 13.2 Å². The van der Waals surface area contributed by atoms with E-state index in [1.165, 1.54) is 4.90 Å². The van der Waals surface area contributed by atoms with Gasteiger partial charge in [0.1, 0.15) is 17.7 Å². The Bertz CT molecular complexity index is 1440. The number of hydrogen-bond acceptors (Lipinski definition) is 7. The highest BCUT2D eigenvalue weighted by atomic mass is 79.9. The number of allylic oxidation sites excluding steroid dienone is 1. The van der Waals surface area contributed by atoms with Gasteiger partial charge in [-0.1, -0.05) is 88.7 Å². The van der Waals surface area contributed by atoms with Crippen LogP contribution in [0.25, 0.3) is 0 Å². The van der Waals surface area contributed by atoms with E-state index in [1.807, 2.05) is 48.5 Å². The van der Waals surface area contributed by atoms with Crippen molar-refractivity contribution >= 4 is 39.6 Å². The third-order valence-corrected chi connectivity index (χ3v) is 9.85. The van der Waals surface area contributed by atoms with Crippen LogP contribution in [0, 0.1) is 11.8 Å². The summed E-state index contributed by atoms with van der Waals surface area (Å²) in [4.78, 5) is 57.7. The molecule has 2 aromatic carbocycles. The number of esters is 1. The maximum atomic E-state index is 14.4. The standard InChI is InChI=1S/C35H40BrN3O7/c1-3-5-16-27(41)37-21-26(24-14-10-7-11-15-24)45-34(44)28-29-32(42)39(18-19-40)31(35(29)20-25(36)30(28)46-35)33(43)38(17-4-2)22-23-12-8-6-9-13-23/h3-4,6-15,25-26,28-31,40H,1-2,5,16-22H2,(H,37,41)/t25?,26-,28-,29+,30-,31-,35+/m0/s1. The van der Waals surface area contributed by atoms with E-state index in [9.17, 15) is 24.3 Å². The van der Waals surface area contributed by atoms with Gasteiger partial charge in [-0.2, -0.15) is 0 Å². The molecule has 2 N–H and O–H groups in total. The number of carbonyl (C=O) groups excluding carboxylic acids is 4. The Morgan fingerprint density at radius 3 is 2.48 bits per heavy atom. The molecule has 2 aromatic rings. The van der Waals surface area contributed by atoms with Crippen molar-refractivity contribution in [2.45, 2.75) is 54.5 Å². The largest absolute Gasteiger partial charge is 0.455 e. The molecular formula is C35H40BrN3O7. The number of β-amino-alcohol motifs (C(OH)–C–C–N with tert-alkyl or cyclic N) is 1. The second-order valence-electron chi connectivity index (χ2n) is 11.9. The molecule has 3 amide bonds. The zero-order valence-corrected chi connectivity index (χ0v) is 27.2. The van der Waals surface area contributed by atoms with Gasteiger partial charge in [0.2, 0.25) is 17.7 Å². The monoisotopic (exact) mass is 693 g/mol. The van der Waals surface area contributed by atoms with Crippen LogP contribution >= 0.6 is 15.9 Å². The molecule has 46 heavy (non-hydrogen) atoms. The first kappa shape index (κ1) is 33.6. The predicted octanol–water partition coefficient (Wildman–Crippen LogP) is 3.31. The van der Waals surface area contributed by atoms with Crippen molar-refractivity contribution in [2.24, 2.45) is 11.8 Å². The van der Waals surface area contributed by atoms with E-state index in [-0.39, 0.29) is 55.8 Å². The minimum Gasteiger partial charge on any atom is -0.455 e. The van der Waals surface area contributed by atoms with E-state index in [1.54, 1.807) is 29.2 Å². The summed E-state index contributed by atoms with van der Waals surface area (Å²) in [5, 5.41) is 12.8. The second kappa shape index (κ2) is 14.7. The van der Waals surface area contributed by atoms with Crippen molar-refractivity contribution in [3.63, 3.8) is 0 Å². The van der Waals surface area contributed by atoms with E-state index in [0.717, 1.165) is 5.56 Å². The molecule has 3 heterocycles. The van der Waals surface area contributed by atoms with Crippen LogP contribution in [-0.2, 0) is 35.2 Å². The van der Waals surface area contributed by atoms with Crippen LogP contribution in [0.1, 0.15) is 36.5 Å². The number of halogens is 1. The third-order valence-electron chi connectivity index (χ3n) is 9.00. The van der Waals surface area contributed by atoms with Crippen LogP contribution in [0.15, 0.2) is 86.0 Å². The Labute approximate surface area is 277 Å². The molecule has 0 aromatic heterocycles. The molecule has 11 heteroatoms. The quantitative estimate of drug-likeness (QED) is 0.167. The Morgan fingerprint density at radius 2 is 1.83 bits per heavy atom. The number of benzene rings is 2. The lowest BCUT2D eigenvalue weighted by atomic mass is 9.70. The Balaban J connectivity index is 1.44. The summed E-state index contributed by atoms with van der Waals surface area (Å²) in [6, 6.07) is 17.5. The lowest BCUT2D eigenvalue weighted by Crippen LogP contribution is -2.56. The van der Waals surface area contributed by atoms with E-state index in [0.29, 0.717) is 18.4 Å². The van der Waals surface area contributed by atoms with Gasteiger partial charge in [0.05, 0.1) is 31.1 Å². The molecular weight excluding hydrogens is 654 g/mol. The summed E-state index contributed by atoms with van der Waals surface area (Å²) < 4.78 is 12.7. The number of rotatable bonds is 15. The zero-order chi connectivity index (χ0) is 32.8. The Hall–Kier alpha value is -3.80. The summed E-state index contributed by atoms with van der Waals surface area (Å²) in [5.41, 5.74) is 0.288. The molecule has 7 atom stereocenters. The summed E-state index contributed by atoms with van der Waals surface area (Å²) in [7, 11) is 0. The maximum absolute atomic E-state index is 14.4. The summed E-state index contributed by atoms with van der Waals surface area (Å²) in [6.07, 6.45) is 2.85. The number of hydrogen-bond donors (Lipinski definition) is 2. The van der Waals surface area contributed by atoms with Crippen LogP contribution in [0.5, 0.6) is 0 Å². The molecule has 1 spiro atoms. The van der Waals surface area contributed by atoms with E-state index < -0.39 is 47.6 Å². The van der Waals surface area contributed by atoms with Crippen molar-refractivity contribution in [3.05, 3.63) is 97.1 Å². The first-order valence-electron chi connectivity index (χ1n) is 15.6. The van der Waals surface area contributed by atoms with Crippen molar-refractivity contribution in [1.82, 2.24) is 15.1 Å². The van der Waals surface area contributed by atoms with Crippen molar-refractivity contribution < 1.29 is 33.8 Å². The van der Waals surface area contributed by atoms with Crippen LogP contribution in [-0.4, -0.2) is 87.4 Å². The molecule has 0 saturated carbocycles. The fourth-order valence-corrected chi connectivity index (χ4v) is 7.98. The van der Waals surface area contributed by atoms with Gasteiger partial charge < -0.3 is 29.7 Å². The van der Waals surface area contributed by atoms with Crippen LogP contribution < -0.4 is 5.32 Å². The molecule has 10 nitrogen and oxygen atoms in total. The minimum absolute atomic E-state index is 0.0409.